The smallest absolute Gasteiger partial charge is 0.327 e. The van der Waals surface area contributed by atoms with Crippen molar-refractivity contribution in [3.8, 4) is 11.5 Å². The molecule has 2 atom stereocenters. The Hall–Kier alpha value is -2.42. The number of nitrogens with zero attached hydrogens (tertiary/aromatic N) is 1. The number of fused-ring (bicyclic) bond motifs is 1. The second-order valence-corrected chi connectivity index (χ2v) is 5.89. The Morgan fingerprint density at radius 1 is 1.38 bits per heavy atom. The molecule has 1 aromatic carbocycles. The van der Waals surface area contributed by atoms with Crippen LogP contribution < -0.4 is 19.7 Å². The molecule has 2 N–H and O–H groups in total. The van der Waals surface area contributed by atoms with Gasteiger partial charge in [0.2, 0.25) is 18.6 Å². The van der Waals surface area contributed by atoms with Gasteiger partial charge in [-0.2, -0.15) is 12.6 Å². The highest BCUT2D eigenvalue weighted by Gasteiger charge is 2.36. The largest absolute Gasteiger partial charge is 0.480 e. The summed E-state index contributed by atoms with van der Waals surface area (Å²) in [7, 11) is 0. The number of nitrogens with one attached hydrogen (secondary N) is 1. The first-order valence-corrected chi connectivity index (χ1v) is 7.97. The molecular formula is C15H16N2O6S. The predicted octanol–water partition coefficient (Wildman–Crippen LogP) is 0.267. The van der Waals surface area contributed by atoms with E-state index in [0.717, 1.165) is 0 Å². The van der Waals surface area contributed by atoms with Crippen LogP contribution in [0.2, 0.25) is 0 Å². The van der Waals surface area contributed by atoms with Crippen LogP contribution in [0.3, 0.4) is 0 Å². The number of anilines is 1. The molecule has 1 saturated heterocycles. The van der Waals surface area contributed by atoms with Gasteiger partial charge >= 0.3 is 5.97 Å². The summed E-state index contributed by atoms with van der Waals surface area (Å²) in [6.45, 7) is 0.321. The Bertz CT molecular complexity index is 695. The number of hydrogen-bond acceptors (Lipinski definition) is 6. The fourth-order valence-corrected chi connectivity index (χ4v) is 2.91. The Labute approximate surface area is 143 Å². The van der Waals surface area contributed by atoms with Gasteiger partial charge in [0.15, 0.2) is 11.5 Å². The molecule has 3 rings (SSSR count). The number of amides is 2. The lowest BCUT2D eigenvalue weighted by molar-refractivity contribution is -0.141. The number of carbonyl (C=O) groups is 3. The topological polar surface area (TPSA) is 105 Å². The molecule has 2 aliphatic rings. The van der Waals surface area contributed by atoms with Gasteiger partial charge in [0.25, 0.3) is 0 Å². The molecule has 9 heteroatoms. The lowest BCUT2D eigenvalue weighted by Gasteiger charge is -2.18. The van der Waals surface area contributed by atoms with E-state index < -0.39 is 23.8 Å². The quantitative estimate of drug-likeness (QED) is 0.657. The molecule has 1 fully saturated rings. The van der Waals surface area contributed by atoms with Crippen molar-refractivity contribution in [3.63, 3.8) is 0 Å². The van der Waals surface area contributed by atoms with E-state index in [1.165, 1.54) is 4.90 Å². The molecule has 0 bridgehead atoms. The van der Waals surface area contributed by atoms with Crippen molar-refractivity contribution in [3.05, 3.63) is 18.2 Å². The Balaban J connectivity index is 1.69. The van der Waals surface area contributed by atoms with Crippen LogP contribution in [0.15, 0.2) is 18.2 Å². The summed E-state index contributed by atoms with van der Waals surface area (Å²) in [5.74, 6) is -1.29. The van der Waals surface area contributed by atoms with Gasteiger partial charge < -0.3 is 24.8 Å². The number of rotatable bonds is 5. The van der Waals surface area contributed by atoms with Crippen LogP contribution in [-0.4, -0.2) is 48.0 Å². The minimum absolute atomic E-state index is 0.0202. The van der Waals surface area contributed by atoms with E-state index in [0.29, 0.717) is 17.2 Å². The first-order valence-electron chi connectivity index (χ1n) is 7.33. The van der Waals surface area contributed by atoms with E-state index in [1.807, 2.05) is 0 Å². The highest BCUT2D eigenvalue weighted by atomic mass is 32.1. The van der Waals surface area contributed by atoms with Gasteiger partial charge in [0.1, 0.15) is 6.04 Å². The first-order chi connectivity index (χ1) is 11.5. The zero-order valence-electron chi connectivity index (χ0n) is 12.6. The maximum Gasteiger partial charge on any atom is 0.327 e. The molecule has 128 valence electrons. The zero-order chi connectivity index (χ0) is 17.3. The zero-order valence-corrected chi connectivity index (χ0v) is 13.5. The molecule has 0 aromatic heterocycles. The van der Waals surface area contributed by atoms with Gasteiger partial charge in [-0.3, -0.25) is 9.59 Å². The molecule has 0 radical (unpaired) electrons. The van der Waals surface area contributed by atoms with Gasteiger partial charge in [-0.25, -0.2) is 4.79 Å². The number of carboxylic acids is 1. The summed E-state index contributed by atoms with van der Waals surface area (Å²) in [4.78, 5) is 36.9. The molecular weight excluding hydrogens is 336 g/mol. The van der Waals surface area contributed by atoms with Crippen molar-refractivity contribution in [2.75, 3.05) is 24.0 Å². The van der Waals surface area contributed by atoms with Crippen LogP contribution in [0.25, 0.3) is 0 Å². The van der Waals surface area contributed by atoms with Gasteiger partial charge in [0, 0.05) is 30.5 Å². The molecule has 2 amide bonds. The third-order valence-corrected chi connectivity index (χ3v) is 4.33. The molecule has 1 aromatic rings. The van der Waals surface area contributed by atoms with Gasteiger partial charge in [-0.05, 0) is 12.1 Å². The molecule has 8 nitrogen and oxygen atoms in total. The molecule has 0 aliphatic carbocycles. The SMILES string of the molecule is O=C(NC(CS)C(=O)O)C1CC(=O)N(c2ccc3c(c2)OCO3)C1. The van der Waals surface area contributed by atoms with Crippen molar-refractivity contribution in [2.24, 2.45) is 5.92 Å². The number of ether oxygens (including phenoxy) is 2. The monoisotopic (exact) mass is 352 g/mol. The lowest BCUT2D eigenvalue weighted by atomic mass is 10.1. The van der Waals surface area contributed by atoms with E-state index in [9.17, 15) is 14.4 Å². The van der Waals surface area contributed by atoms with Crippen molar-refractivity contribution in [2.45, 2.75) is 12.5 Å². The average Bonchev–Trinajstić information content (AvgIpc) is 3.17. The Morgan fingerprint density at radius 3 is 2.83 bits per heavy atom. The van der Waals surface area contributed by atoms with Crippen LogP contribution in [0.1, 0.15) is 6.42 Å². The highest BCUT2D eigenvalue weighted by Crippen LogP contribution is 2.37. The average molecular weight is 352 g/mol. The number of benzene rings is 1. The molecule has 2 heterocycles. The second-order valence-electron chi connectivity index (χ2n) is 5.52. The molecule has 0 spiro atoms. The summed E-state index contributed by atoms with van der Waals surface area (Å²) in [6.07, 6.45) is 0.0270. The summed E-state index contributed by atoms with van der Waals surface area (Å²) >= 11 is 3.90. The number of hydrogen-bond donors (Lipinski definition) is 3. The third-order valence-electron chi connectivity index (χ3n) is 3.96. The first kappa shape index (κ1) is 16.4. The van der Waals surface area contributed by atoms with E-state index >= 15 is 0 Å². The predicted molar refractivity (Wildman–Crippen MR) is 86.4 cm³/mol. The summed E-state index contributed by atoms with van der Waals surface area (Å²) in [5, 5.41) is 11.4. The number of aliphatic carboxylic acids is 1. The summed E-state index contributed by atoms with van der Waals surface area (Å²) < 4.78 is 10.5. The van der Waals surface area contributed by atoms with Gasteiger partial charge in [-0.1, -0.05) is 0 Å². The van der Waals surface area contributed by atoms with Crippen LogP contribution in [0.5, 0.6) is 11.5 Å². The van der Waals surface area contributed by atoms with E-state index in [-0.39, 0.29) is 31.4 Å². The minimum atomic E-state index is -1.16. The fourth-order valence-electron chi connectivity index (χ4n) is 2.66. The van der Waals surface area contributed by atoms with Crippen molar-refractivity contribution in [1.29, 1.82) is 0 Å². The summed E-state index contributed by atoms with van der Waals surface area (Å²) in [5.41, 5.74) is 0.614. The standard InChI is InChI=1S/C15H16N2O6S/c18-13-3-8(14(19)16-10(6-24)15(20)21)5-17(13)9-1-2-11-12(4-9)23-7-22-11/h1-2,4,8,10,24H,3,5-7H2,(H,16,19)(H,20,21). The van der Waals surface area contributed by atoms with Crippen LogP contribution in [-0.2, 0) is 14.4 Å². The maximum atomic E-state index is 12.2. The Kier molecular flexibility index (Phi) is 4.52. The van der Waals surface area contributed by atoms with E-state index in [4.69, 9.17) is 14.6 Å². The molecule has 2 unspecified atom stereocenters. The number of carboxylic acid groups (broad SMARTS) is 1. The van der Waals surface area contributed by atoms with Crippen LogP contribution >= 0.6 is 12.6 Å². The highest BCUT2D eigenvalue weighted by molar-refractivity contribution is 7.80. The molecule has 2 aliphatic heterocycles. The second kappa shape index (κ2) is 6.60. The fraction of sp³-hybridized carbons (Fsp3) is 0.400. The molecule has 0 saturated carbocycles. The summed E-state index contributed by atoms with van der Waals surface area (Å²) in [6, 6.07) is 4.04. The van der Waals surface area contributed by atoms with E-state index in [2.05, 4.69) is 17.9 Å². The van der Waals surface area contributed by atoms with Crippen molar-refractivity contribution >= 4 is 36.1 Å². The van der Waals surface area contributed by atoms with E-state index in [1.54, 1.807) is 18.2 Å². The number of carbonyl (C=O) groups excluding carboxylic acids is 2. The third kappa shape index (κ3) is 3.12. The lowest BCUT2D eigenvalue weighted by Crippen LogP contribution is -2.45. The van der Waals surface area contributed by atoms with Crippen molar-refractivity contribution < 1.29 is 29.0 Å². The maximum absolute atomic E-state index is 12.2. The molecule has 24 heavy (non-hydrogen) atoms. The number of thiol groups is 1. The van der Waals surface area contributed by atoms with Gasteiger partial charge in [-0.15, -0.1) is 0 Å². The normalized spacial score (nSPS) is 20.1. The van der Waals surface area contributed by atoms with Crippen molar-refractivity contribution in [1.82, 2.24) is 5.32 Å². The Morgan fingerprint density at radius 2 is 2.12 bits per heavy atom. The minimum Gasteiger partial charge on any atom is -0.480 e. The van der Waals surface area contributed by atoms with Crippen LogP contribution in [0.4, 0.5) is 5.69 Å². The van der Waals surface area contributed by atoms with Crippen LogP contribution in [0, 0.1) is 5.92 Å². The van der Waals surface area contributed by atoms with Gasteiger partial charge in [0.05, 0.1) is 5.92 Å².